The minimum Gasteiger partial charge on any atom is -0.432 e. The fourth-order valence-corrected chi connectivity index (χ4v) is 1.64. The lowest BCUT2D eigenvalue weighted by Gasteiger charge is -2.08. The molecule has 2 aromatic rings. The number of nitrogens with two attached hydrogens (primary N) is 1. The van der Waals surface area contributed by atoms with Crippen molar-refractivity contribution < 1.29 is 4.74 Å². The van der Waals surface area contributed by atoms with E-state index in [0.29, 0.717) is 23.0 Å². The van der Waals surface area contributed by atoms with E-state index in [9.17, 15) is 4.79 Å². The zero-order valence-corrected chi connectivity index (χ0v) is 10.5. The summed E-state index contributed by atoms with van der Waals surface area (Å²) in [4.78, 5) is 15.8. The molecule has 0 saturated heterocycles. The lowest BCUT2D eigenvalue weighted by molar-refractivity contribution is 0.447. The van der Waals surface area contributed by atoms with Crippen LogP contribution in [-0.2, 0) is 6.54 Å². The van der Waals surface area contributed by atoms with Gasteiger partial charge in [0.15, 0.2) is 5.75 Å². The van der Waals surface area contributed by atoms with Crippen LogP contribution >= 0.6 is 11.6 Å². The van der Waals surface area contributed by atoms with Crippen LogP contribution in [0.5, 0.6) is 11.6 Å². The Hall–Kier alpha value is -2.01. The number of aryl methyl sites for hydroxylation is 1. The normalized spacial score (nSPS) is 10.3. The van der Waals surface area contributed by atoms with Crippen molar-refractivity contribution in [3.63, 3.8) is 0 Å². The first kappa shape index (κ1) is 12.4. The molecule has 0 radical (unpaired) electrons. The Labute approximate surface area is 109 Å². The van der Waals surface area contributed by atoms with Crippen LogP contribution in [0.1, 0.15) is 6.92 Å². The average molecular weight is 266 g/mol. The highest BCUT2D eigenvalue weighted by Crippen LogP contribution is 2.27. The first-order valence-electron chi connectivity index (χ1n) is 5.40. The summed E-state index contributed by atoms with van der Waals surface area (Å²) in [7, 11) is 0. The average Bonchev–Trinajstić information content (AvgIpc) is 2.35. The first-order valence-corrected chi connectivity index (χ1v) is 5.78. The third-order valence-corrected chi connectivity index (χ3v) is 2.64. The van der Waals surface area contributed by atoms with Gasteiger partial charge in [-0.25, -0.2) is 4.98 Å². The largest absolute Gasteiger partial charge is 0.432 e. The lowest BCUT2D eigenvalue weighted by Crippen LogP contribution is -2.20. The number of rotatable bonds is 3. The predicted molar refractivity (Wildman–Crippen MR) is 70.1 cm³/mol. The van der Waals surface area contributed by atoms with Crippen LogP contribution in [0.2, 0.25) is 5.02 Å². The summed E-state index contributed by atoms with van der Waals surface area (Å²) in [5.74, 6) is 0.353. The molecule has 0 aliphatic rings. The van der Waals surface area contributed by atoms with Crippen molar-refractivity contribution in [2.45, 2.75) is 13.5 Å². The minimum absolute atomic E-state index is 0.00614. The van der Waals surface area contributed by atoms with Gasteiger partial charge in [0.25, 0.3) is 5.88 Å². The molecule has 5 nitrogen and oxygen atoms in total. The Balaban J connectivity index is 2.37. The Kier molecular flexibility index (Phi) is 3.53. The standard InChI is InChI=1S/C12H12ClN3O2/c1-2-16-6-5-15-11(12(16)17)18-10-4-3-8(13)7-9(10)14/h3-7H,2,14H2,1H3. The van der Waals surface area contributed by atoms with E-state index in [4.69, 9.17) is 22.1 Å². The predicted octanol–water partition coefficient (Wildman–Crippen LogP) is 2.29. The van der Waals surface area contributed by atoms with Crippen molar-refractivity contribution in [3.8, 4) is 11.6 Å². The fourth-order valence-electron chi connectivity index (χ4n) is 1.46. The molecular weight excluding hydrogens is 254 g/mol. The molecule has 0 aliphatic carbocycles. The van der Waals surface area contributed by atoms with Crippen LogP contribution in [0, 0.1) is 0 Å². The Morgan fingerprint density at radius 1 is 1.50 bits per heavy atom. The monoisotopic (exact) mass is 265 g/mol. The van der Waals surface area contributed by atoms with Gasteiger partial charge >= 0.3 is 5.56 Å². The van der Waals surface area contributed by atoms with Gasteiger partial charge in [0, 0.05) is 24.0 Å². The van der Waals surface area contributed by atoms with Crippen LogP contribution in [-0.4, -0.2) is 9.55 Å². The van der Waals surface area contributed by atoms with E-state index in [1.165, 1.54) is 10.8 Å². The maximum atomic E-state index is 11.9. The molecule has 1 heterocycles. The van der Waals surface area contributed by atoms with Crippen molar-refractivity contribution in [3.05, 3.63) is 46.0 Å². The smallest absolute Gasteiger partial charge is 0.313 e. The number of nitrogens with zero attached hydrogens (tertiary/aromatic N) is 2. The van der Waals surface area contributed by atoms with Gasteiger partial charge in [-0.2, -0.15) is 0 Å². The number of benzene rings is 1. The highest BCUT2D eigenvalue weighted by Gasteiger charge is 2.09. The number of halogens is 1. The maximum absolute atomic E-state index is 11.9. The molecule has 0 atom stereocenters. The lowest BCUT2D eigenvalue weighted by atomic mass is 10.3. The van der Waals surface area contributed by atoms with Crippen LogP contribution in [0.4, 0.5) is 5.69 Å². The van der Waals surface area contributed by atoms with Gasteiger partial charge < -0.3 is 15.0 Å². The summed E-state index contributed by atoms with van der Waals surface area (Å²) < 4.78 is 6.90. The van der Waals surface area contributed by atoms with Crippen molar-refractivity contribution in [2.24, 2.45) is 0 Å². The quantitative estimate of drug-likeness (QED) is 0.865. The van der Waals surface area contributed by atoms with Gasteiger partial charge in [-0.15, -0.1) is 0 Å². The Morgan fingerprint density at radius 3 is 2.94 bits per heavy atom. The van der Waals surface area contributed by atoms with Crippen molar-refractivity contribution in [2.75, 3.05) is 5.73 Å². The van der Waals surface area contributed by atoms with E-state index >= 15 is 0 Å². The third kappa shape index (κ3) is 2.46. The Morgan fingerprint density at radius 2 is 2.28 bits per heavy atom. The van der Waals surface area contributed by atoms with Crippen molar-refractivity contribution in [1.82, 2.24) is 9.55 Å². The molecule has 0 spiro atoms. The summed E-state index contributed by atoms with van der Waals surface area (Å²) in [6, 6.07) is 4.79. The van der Waals surface area contributed by atoms with Gasteiger partial charge in [-0.05, 0) is 25.1 Å². The summed E-state index contributed by atoms with van der Waals surface area (Å²) in [6.07, 6.45) is 3.10. The van der Waals surface area contributed by atoms with Crippen molar-refractivity contribution in [1.29, 1.82) is 0 Å². The summed E-state index contributed by atoms with van der Waals surface area (Å²) in [5, 5.41) is 0.506. The van der Waals surface area contributed by atoms with Gasteiger partial charge in [0.2, 0.25) is 0 Å². The van der Waals surface area contributed by atoms with Crippen LogP contribution < -0.4 is 16.0 Å². The highest BCUT2D eigenvalue weighted by molar-refractivity contribution is 6.30. The molecule has 18 heavy (non-hydrogen) atoms. The molecule has 0 aliphatic heterocycles. The summed E-state index contributed by atoms with van der Waals surface area (Å²) in [5.41, 5.74) is 5.80. The molecule has 0 unspecified atom stereocenters. The van der Waals surface area contributed by atoms with Crippen molar-refractivity contribution >= 4 is 17.3 Å². The zero-order chi connectivity index (χ0) is 13.1. The van der Waals surface area contributed by atoms with E-state index < -0.39 is 0 Å². The van der Waals surface area contributed by atoms with Crippen LogP contribution in [0.15, 0.2) is 35.4 Å². The van der Waals surface area contributed by atoms with E-state index in [-0.39, 0.29) is 11.4 Å². The molecule has 1 aromatic heterocycles. The molecule has 0 amide bonds. The third-order valence-electron chi connectivity index (χ3n) is 2.40. The van der Waals surface area contributed by atoms with Gasteiger partial charge in [-0.1, -0.05) is 11.6 Å². The molecule has 2 N–H and O–H groups in total. The molecule has 1 aromatic carbocycles. The second-order valence-electron chi connectivity index (χ2n) is 3.61. The number of aromatic nitrogens is 2. The molecule has 0 fully saturated rings. The topological polar surface area (TPSA) is 70.1 Å². The maximum Gasteiger partial charge on any atom is 0.313 e. The molecular formula is C12H12ClN3O2. The van der Waals surface area contributed by atoms with Gasteiger partial charge in [0.1, 0.15) is 0 Å². The van der Waals surface area contributed by atoms with E-state index in [0.717, 1.165) is 0 Å². The summed E-state index contributed by atoms with van der Waals surface area (Å²) >= 11 is 5.78. The first-order chi connectivity index (χ1) is 8.61. The minimum atomic E-state index is -0.297. The van der Waals surface area contributed by atoms with E-state index in [2.05, 4.69) is 4.98 Å². The molecule has 2 rings (SSSR count). The molecule has 0 saturated carbocycles. The van der Waals surface area contributed by atoms with E-state index in [1.54, 1.807) is 24.4 Å². The van der Waals surface area contributed by atoms with E-state index in [1.807, 2.05) is 6.92 Å². The number of nitrogen functional groups attached to an aromatic ring is 1. The molecule has 0 bridgehead atoms. The summed E-state index contributed by atoms with van der Waals surface area (Å²) in [6.45, 7) is 2.41. The fraction of sp³-hybridized carbons (Fsp3) is 0.167. The number of hydrogen-bond acceptors (Lipinski definition) is 4. The zero-order valence-electron chi connectivity index (χ0n) is 9.76. The highest BCUT2D eigenvalue weighted by atomic mass is 35.5. The number of anilines is 1. The molecule has 94 valence electrons. The molecule has 6 heteroatoms. The number of ether oxygens (including phenoxy) is 1. The van der Waals surface area contributed by atoms with Gasteiger partial charge in [-0.3, -0.25) is 4.79 Å². The van der Waals surface area contributed by atoms with Crippen LogP contribution in [0.3, 0.4) is 0 Å². The van der Waals surface area contributed by atoms with Gasteiger partial charge in [0.05, 0.1) is 5.69 Å². The number of hydrogen-bond donors (Lipinski definition) is 1. The SMILES string of the molecule is CCn1ccnc(Oc2ccc(Cl)cc2N)c1=O. The second-order valence-corrected chi connectivity index (χ2v) is 4.04. The Bertz CT molecular complexity index is 625. The van der Waals surface area contributed by atoms with Crippen LogP contribution in [0.25, 0.3) is 0 Å². The second kappa shape index (κ2) is 5.10.